The van der Waals surface area contributed by atoms with Crippen molar-refractivity contribution in [2.45, 2.75) is 26.2 Å². The van der Waals surface area contributed by atoms with Crippen molar-refractivity contribution < 1.29 is 0 Å². The van der Waals surface area contributed by atoms with E-state index >= 15 is 0 Å². The van der Waals surface area contributed by atoms with Crippen molar-refractivity contribution in [3.8, 4) is 0 Å². The van der Waals surface area contributed by atoms with Gasteiger partial charge in [0.2, 0.25) is 0 Å². The van der Waals surface area contributed by atoms with E-state index in [1.165, 1.54) is 30.7 Å². The summed E-state index contributed by atoms with van der Waals surface area (Å²) in [5, 5.41) is 3.43. The number of hydrogen-bond acceptors (Lipinski definition) is 5. The molecule has 17 heavy (non-hydrogen) atoms. The molecule has 1 aromatic rings. The van der Waals surface area contributed by atoms with Gasteiger partial charge in [0.25, 0.3) is 0 Å². The predicted molar refractivity (Wildman–Crippen MR) is 74.4 cm³/mol. The zero-order valence-electron chi connectivity index (χ0n) is 10.3. The first-order chi connectivity index (χ1) is 8.31. The molecule has 2 heterocycles. The second-order valence-electron chi connectivity index (χ2n) is 4.38. The summed E-state index contributed by atoms with van der Waals surface area (Å²) in [5.74, 6) is 4.87. The summed E-state index contributed by atoms with van der Waals surface area (Å²) < 4.78 is 0. The van der Waals surface area contributed by atoms with Crippen LogP contribution in [0.3, 0.4) is 0 Å². The summed E-state index contributed by atoms with van der Waals surface area (Å²) in [6, 6.07) is 0. The SMILES string of the molecule is CCc1c(N)ncnc1NCC1CCSCC1. The molecular formula is C12H20N4S. The molecule has 0 amide bonds. The normalized spacial score (nSPS) is 17.0. The van der Waals surface area contributed by atoms with Crippen LogP contribution in [0.5, 0.6) is 0 Å². The van der Waals surface area contributed by atoms with E-state index in [-0.39, 0.29) is 0 Å². The maximum absolute atomic E-state index is 5.85. The molecule has 0 unspecified atom stereocenters. The van der Waals surface area contributed by atoms with Crippen LogP contribution >= 0.6 is 11.8 Å². The fourth-order valence-corrected chi connectivity index (χ4v) is 3.32. The van der Waals surface area contributed by atoms with Gasteiger partial charge in [-0.3, -0.25) is 0 Å². The van der Waals surface area contributed by atoms with Gasteiger partial charge in [-0.05, 0) is 36.7 Å². The maximum atomic E-state index is 5.85. The standard InChI is InChI=1S/C12H20N4S/c1-2-10-11(13)15-8-16-12(10)14-7-9-3-5-17-6-4-9/h8-9H,2-7H2,1H3,(H3,13,14,15,16). The molecular weight excluding hydrogens is 232 g/mol. The maximum Gasteiger partial charge on any atom is 0.134 e. The molecule has 1 aromatic heterocycles. The minimum Gasteiger partial charge on any atom is -0.383 e. The highest BCUT2D eigenvalue weighted by atomic mass is 32.2. The van der Waals surface area contributed by atoms with Gasteiger partial charge in [-0.2, -0.15) is 11.8 Å². The van der Waals surface area contributed by atoms with Crippen molar-refractivity contribution in [1.82, 2.24) is 9.97 Å². The molecule has 0 atom stereocenters. The molecule has 1 fully saturated rings. The first kappa shape index (κ1) is 12.5. The minimum atomic E-state index is 0.601. The summed E-state index contributed by atoms with van der Waals surface area (Å²) >= 11 is 2.06. The summed E-state index contributed by atoms with van der Waals surface area (Å²) in [6.45, 7) is 3.08. The lowest BCUT2D eigenvalue weighted by Gasteiger charge is -2.22. The molecule has 5 heteroatoms. The molecule has 2 rings (SSSR count). The van der Waals surface area contributed by atoms with Crippen LogP contribution in [-0.2, 0) is 6.42 Å². The van der Waals surface area contributed by atoms with Crippen LogP contribution in [0.25, 0.3) is 0 Å². The van der Waals surface area contributed by atoms with E-state index in [4.69, 9.17) is 5.73 Å². The fourth-order valence-electron chi connectivity index (χ4n) is 2.12. The van der Waals surface area contributed by atoms with Gasteiger partial charge in [-0.25, -0.2) is 9.97 Å². The quantitative estimate of drug-likeness (QED) is 0.860. The van der Waals surface area contributed by atoms with Crippen LogP contribution in [0.15, 0.2) is 6.33 Å². The zero-order chi connectivity index (χ0) is 12.1. The number of nitrogens with one attached hydrogen (secondary N) is 1. The lowest BCUT2D eigenvalue weighted by atomic mass is 10.0. The van der Waals surface area contributed by atoms with Gasteiger partial charge in [0, 0.05) is 12.1 Å². The minimum absolute atomic E-state index is 0.601. The highest BCUT2D eigenvalue weighted by molar-refractivity contribution is 7.99. The number of nitrogens with zero attached hydrogens (tertiary/aromatic N) is 2. The molecule has 0 spiro atoms. The van der Waals surface area contributed by atoms with Crippen molar-refractivity contribution in [2.75, 3.05) is 29.1 Å². The van der Waals surface area contributed by atoms with Crippen molar-refractivity contribution in [3.63, 3.8) is 0 Å². The van der Waals surface area contributed by atoms with E-state index in [0.29, 0.717) is 5.82 Å². The van der Waals surface area contributed by atoms with E-state index in [2.05, 4.69) is 34.0 Å². The highest BCUT2D eigenvalue weighted by Gasteiger charge is 2.14. The van der Waals surface area contributed by atoms with Crippen LogP contribution in [0.2, 0.25) is 0 Å². The number of thioether (sulfide) groups is 1. The lowest BCUT2D eigenvalue weighted by molar-refractivity contribution is 0.515. The third-order valence-corrected chi connectivity index (χ3v) is 4.28. The summed E-state index contributed by atoms with van der Waals surface area (Å²) in [4.78, 5) is 8.32. The van der Waals surface area contributed by atoms with Crippen molar-refractivity contribution >= 4 is 23.4 Å². The molecule has 0 saturated carbocycles. The van der Waals surface area contributed by atoms with Crippen molar-refractivity contribution in [1.29, 1.82) is 0 Å². The average molecular weight is 252 g/mol. The van der Waals surface area contributed by atoms with Crippen LogP contribution in [0.1, 0.15) is 25.3 Å². The Bertz CT molecular complexity index is 364. The Morgan fingerprint density at radius 2 is 2.18 bits per heavy atom. The molecule has 0 aliphatic carbocycles. The molecule has 0 aromatic carbocycles. The van der Waals surface area contributed by atoms with Crippen molar-refractivity contribution in [3.05, 3.63) is 11.9 Å². The molecule has 1 aliphatic heterocycles. The van der Waals surface area contributed by atoms with Crippen LogP contribution in [0, 0.1) is 5.92 Å². The Labute approximate surface area is 107 Å². The van der Waals surface area contributed by atoms with E-state index in [0.717, 1.165) is 30.3 Å². The molecule has 94 valence electrons. The second-order valence-corrected chi connectivity index (χ2v) is 5.60. The number of nitrogens with two attached hydrogens (primary N) is 1. The number of hydrogen-bond donors (Lipinski definition) is 2. The van der Waals surface area contributed by atoms with Gasteiger partial charge in [-0.1, -0.05) is 6.92 Å². The summed E-state index contributed by atoms with van der Waals surface area (Å²) in [5.41, 5.74) is 6.89. The molecule has 3 N–H and O–H groups in total. The third kappa shape index (κ3) is 3.25. The van der Waals surface area contributed by atoms with Gasteiger partial charge in [0.05, 0.1) is 0 Å². The first-order valence-corrected chi connectivity index (χ1v) is 7.37. The summed E-state index contributed by atoms with van der Waals surface area (Å²) in [6.07, 6.45) is 5.02. The fraction of sp³-hybridized carbons (Fsp3) is 0.667. The average Bonchev–Trinajstić information content (AvgIpc) is 2.37. The number of rotatable bonds is 4. The smallest absolute Gasteiger partial charge is 0.134 e. The van der Waals surface area contributed by atoms with Crippen LogP contribution < -0.4 is 11.1 Å². The molecule has 1 aliphatic rings. The molecule has 4 nitrogen and oxygen atoms in total. The van der Waals surface area contributed by atoms with Crippen LogP contribution in [-0.4, -0.2) is 28.0 Å². The Morgan fingerprint density at radius 3 is 2.88 bits per heavy atom. The van der Waals surface area contributed by atoms with Gasteiger partial charge >= 0.3 is 0 Å². The highest BCUT2D eigenvalue weighted by Crippen LogP contribution is 2.24. The van der Waals surface area contributed by atoms with Crippen molar-refractivity contribution in [2.24, 2.45) is 5.92 Å². The molecule has 1 saturated heterocycles. The van der Waals surface area contributed by atoms with E-state index in [9.17, 15) is 0 Å². The monoisotopic (exact) mass is 252 g/mol. The number of aromatic nitrogens is 2. The molecule has 0 bridgehead atoms. The zero-order valence-corrected chi connectivity index (χ0v) is 11.1. The second kappa shape index (κ2) is 6.10. The van der Waals surface area contributed by atoms with E-state index in [1.807, 2.05) is 0 Å². The van der Waals surface area contributed by atoms with Gasteiger partial charge < -0.3 is 11.1 Å². The largest absolute Gasteiger partial charge is 0.383 e. The lowest BCUT2D eigenvalue weighted by Crippen LogP contribution is -2.20. The number of anilines is 2. The van der Waals surface area contributed by atoms with E-state index in [1.54, 1.807) is 0 Å². The Kier molecular flexibility index (Phi) is 4.48. The first-order valence-electron chi connectivity index (χ1n) is 6.22. The number of nitrogen functional groups attached to an aromatic ring is 1. The van der Waals surface area contributed by atoms with Gasteiger partial charge in [-0.15, -0.1) is 0 Å². The van der Waals surface area contributed by atoms with Gasteiger partial charge in [0.1, 0.15) is 18.0 Å². The predicted octanol–water partition coefficient (Wildman–Crippen LogP) is 2.18. The third-order valence-electron chi connectivity index (χ3n) is 3.23. The summed E-state index contributed by atoms with van der Waals surface area (Å²) in [7, 11) is 0. The molecule has 0 radical (unpaired) electrons. The van der Waals surface area contributed by atoms with E-state index < -0.39 is 0 Å². The topological polar surface area (TPSA) is 63.8 Å². The van der Waals surface area contributed by atoms with Gasteiger partial charge in [0.15, 0.2) is 0 Å². The Balaban J connectivity index is 1.95. The van der Waals surface area contributed by atoms with Crippen LogP contribution in [0.4, 0.5) is 11.6 Å². The Morgan fingerprint density at radius 1 is 1.41 bits per heavy atom. The Hall–Kier alpha value is -0.970.